The van der Waals surface area contributed by atoms with Crippen LogP contribution in [0.2, 0.25) is 0 Å². The lowest BCUT2D eigenvalue weighted by molar-refractivity contribution is 0.840. The van der Waals surface area contributed by atoms with Crippen LogP contribution in [-0.2, 0) is 0 Å². The number of fused-ring (bicyclic) bond motifs is 1. The summed E-state index contributed by atoms with van der Waals surface area (Å²) < 4.78 is 1.96. The maximum atomic E-state index is 4.77. The van der Waals surface area contributed by atoms with Gasteiger partial charge < -0.3 is 4.90 Å². The summed E-state index contributed by atoms with van der Waals surface area (Å²) in [7, 11) is 2.12. The second kappa shape index (κ2) is 4.31. The van der Waals surface area contributed by atoms with E-state index in [1.807, 2.05) is 16.8 Å². The van der Waals surface area contributed by atoms with Crippen LogP contribution >= 0.6 is 11.3 Å². The molecule has 0 unspecified atom stereocenters. The molecule has 3 heterocycles. The second-order valence-corrected chi connectivity index (χ2v) is 6.35. The molecule has 5 heteroatoms. The number of imidazole rings is 1. The van der Waals surface area contributed by atoms with Gasteiger partial charge in [-0.3, -0.25) is 0 Å². The lowest BCUT2D eigenvalue weighted by atomic mass is 10.3. The van der Waals surface area contributed by atoms with E-state index in [4.69, 9.17) is 5.10 Å². The number of aromatic nitrogens is 3. The molecule has 20 heavy (non-hydrogen) atoms. The van der Waals surface area contributed by atoms with Gasteiger partial charge in [0, 0.05) is 13.1 Å². The van der Waals surface area contributed by atoms with Gasteiger partial charge in [0.1, 0.15) is 11.5 Å². The summed E-state index contributed by atoms with van der Waals surface area (Å²) >= 11 is 1.74. The van der Waals surface area contributed by atoms with Crippen LogP contribution in [0, 0.1) is 6.92 Å². The summed E-state index contributed by atoms with van der Waals surface area (Å²) in [4.78, 5) is 7.94. The molecule has 0 spiro atoms. The molecule has 4 rings (SSSR count). The van der Waals surface area contributed by atoms with Gasteiger partial charge >= 0.3 is 0 Å². The van der Waals surface area contributed by atoms with E-state index in [0.29, 0.717) is 6.04 Å². The zero-order valence-corrected chi connectivity index (χ0v) is 12.4. The molecule has 0 aliphatic heterocycles. The van der Waals surface area contributed by atoms with Crippen molar-refractivity contribution in [1.29, 1.82) is 0 Å². The van der Waals surface area contributed by atoms with Crippen LogP contribution in [0.4, 0.5) is 5.82 Å². The summed E-state index contributed by atoms with van der Waals surface area (Å²) in [6.07, 6.45) is 4.46. The van der Waals surface area contributed by atoms with Crippen LogP contribution in [0.5, 0.6) is 0 Å². The van der Waals surface area contributed by atoms with E-state index in [9.17, 15) is 0 Å². The Balaban J connectivity index is 1.83. The first kappa shape index (κ1) is 11.9. The first-order valence-corrected chi connectivity index (χ1v) is 7.73. The first-order valence-electron chi connectivity index (χ1n) is 6.85. The first-order chi connectivity index (χ1) is 9.72. The number of nitrogens with zero attached hydrogens (tertiary/aromatic N) is 4. The molecular formula is C15H16N4S. The normalized spacial score (nSPS) is 14.9. The van der Waals surface area contributed by atoms with Crippen molar-refractivity contribution in [2.45, 2.75) is 25.8 Å². The minimum atomic E-state index is 0.663. The highest BCUT2D eigenvalue weighted by Crippen LogP contribution is 2.31. The highest BCUT2D eigenvalue weighted by molar-refractivity contribution is 7.13. The number of hydrogen-bond acceptors (Lipinski definition) is 4. The predicted molar refractivity (Wildman–Crippen MR) is 82.5 cm³/mol. The van der Waals surface area contributed by atoms with Gasteiger partial charge in [-0.05, 0) is 48.9 Å². The van der Waals surface area contributed by atoms with Crippen molar-refractivity contribution < 1.29 is 0 Å². The van der Waals surface area contributed by atoms with Crippen molar-refractivity contribution in [3.63, 3.8) is 0 Å². The molecule has 4 nitrogen and oxygen atoms in total. The lowest BCUT2D eigenvalue weighted by Gasteiger charge is -2.17. The molecule has 0 atom stereocenters. The Morgan fingerprint density at radius 2 is 2.20 bits per heavy atom. The Labute approximate surface area is 121 Å². The monoisotopic (exact) mass is 284 g/mol. The van der Waals surface area contributed by atoms with E-state index in [1.165, 1.54) is 23.3 Å². The Hall–Kier alpha value is -1.88. The Morgan fingerprint density at radius 1 is 1.35 bits per heavy atom. The fourth-order valence-corrected chi connectivity index (χ4v) is 3.33. The van der Waals surface area contributed by atoms with Crippen molar-refractivity contribution in [3.05, 3.63) is 35.3 Å². The largest absolute Gasteiger partial charge is 0.355 e. The zero-order chi connectivity index (χ0) is 13.7. The SMILES string of the molecule is Cc1csc(-c2cnc3ccc(N(C)C4CC4)nn23)c1. The number of aryl methyl sites for hydroxylation is 1. The molecule has 1 saturated carbocycles. The van der Waals surface area contributed by atoms with Crippen molar-refractivity contribution in [2.75, 3.05) is 11.9 Å². The molecule has 1 aliphatic rings. The van der Waals surface area contributed by atoms with E-state index in [0.717, 1.165) is 17.2 Å². The van der Waals surface area contributed by atoms with Crippen LogP contribution in [0.1, 0.15) is 18.4 Å². The van der Waals surface area contributed by atoms with Crippen molar-refractivity contribution in [2.24, 2.45) is 0 Å². The summed E-state index contributed by atoms with van der Waals surface area (Å²) in [6, 6.07) is 6.96. The van der Waals surface area contributed by atoms with Gasteiger partial charge in [0.15, 0.2) is 5.65 Å². The summed E-state index contributed by atoms with van der Waals surface area (Å²) in [5.41, 5.74) is 3.26. The number of rotatable bonds is 3. The van der Waals surface area contributed by atoms with E-state index in [1.54, 1.807) is 11.3 Å². The number of hydrogen-bond donors (Lipinski definition) is 0. The van der Waals surface area contributed by atoms with Crippen LogP contribution in [0.15, 0.2) is 29.8 Å². The van der Waals surface area contributed by atoms with E-state index in [-0.39, 0.29) is 0 Å². The van der Waals surface area contributed by atoms with E-state index >= 15 is 0 Å². The maximum absolute atomic E-state index is 4.77. The van der Waals surface area contributed by atoms with Crippen LogP contribution in [-0.4, -0.2) is 27.7 Å². The Bertz CT molecular complexity index is 769. The summed E-state index contributed by atoms with van der Waals surface area (Å²) in [5, 5.41) is 6.93. The van der Waals surface area contributed by atoms with Gasteiger partial charge in [-0.2, -0.15) is 0 Å². The fourth-order valence-electron chi connectivity index (χ4n) is 2.43. The minimum Gasteiger partial charge on any atom is -0.355 e. The highest BCUT2D eigenvalue weighted by Gasteiger charge is 2.27. The van der Waals surface area contributed by atoms with Crippen LogP contribution < -0.4 is 4.90 Å². The molecule has 0 radical (unpaired) electrons. The van der Waals surface area contributed by atoms with Crippen molar-refractivity contribution in [1.82, 2.24) is 14.6 Å². The van der Waals surface area contributed by atoms with Gasteiger partial charge in [-0.25, -0.2) is 9.50 Å². The fraction of sp³-hybridized carbons (Fsp3) is 0.333. The average Bonchev–Trinajstić information content (AvgIpc) is 3.09. The standard InChI is InChI=1S/C15H16N4S/c1-10-7-13(20-9-10)12-8-16-14-5-6-15(17-19(12)14)18(2)11-3-4-11/h5-9,11H,3-4H2,1-2H3. The van der Waals surface area contributed by atoms with Crippen LogP contribution in [0.3, 0.4) is 0 Å². The zero-order valence-electron chi connectivity index (χ0n) is 11.6. The molecule has 0 aromatic carbocycles. The van der Waals surface area contributed by atoms with Gasteiger partial charge in [0.2, 0.25) is 0 Å². The molecule has 0 bridgehead atoms. The molecule has 0 N–H and O–H groups in total. The number of thiophene rings is 1. The molecule has 102 valence electrons. The second-order valence-electron chi connectivity index (χ2n) is 5.44. The summed E-state index contributed by atoms with van der Waals surface area (Å²) in [6.45, 7) is 2.11. The third kappa shape index (κ3) is 1.89. The average molecular weight is 284 g/mol. The third-order valence-electron chi connectivity index (χ3n) is 3.79. The lowest BCUT2D eigenvalue weighted by Crippen LogP contribution is -2.21. The van der Waals surface area contributed by atoms with E-state index < -0.39 is 0 Å². The number of anilines is 1. The van der Waals surface area contributed by atoms with Gasteiger partial charge in [0.05, 0.1) is 11.1 Å². The van der Waals surface area contributed by atoms with E-state index in [2.05, 4.69) is 41.4 Å². The Kier molecular flexibility index (Phi) is 2.57. The highest BCUT2D eigenvalue weighted by atomic mass is 32.1. The van der Waals surface area contributed by atoms with Gasteiger partial charge in [-0.15, -0.1) is 16.4 Å². The van der Waals surface area contributed by atoms with Gasteiger partial charge in [-0.1, -0.05) is 0 Å². The van der Waals surface area contributed by atoms with Gasteiger partial charge in [0.25, 0.3) is 0 Å². The topological polar surface area (TPSA) is 33.4 Å². The predicted octanol–water partition coefficient (Wildman–Crippen LogP) is 3.36. The Morgan fingerprint density at radius 3 is 2.90 bits per heavy atom. The van der Waals surface area contributed by atoms with Crippen LogP contribution in [0.25, 0.3) is 16.2 Å². The summed E-state index contributed by atoms with van der Waals surface area (Å²) in [5.74, 6) is 1.02. The molecule has 0 saturated heterocycles. The van der Waals surface area contributed by atoms with Crippen molar-refractivity contribution >= 4 is 22.8 Å². The smallest absolute Gasteiger partial charge is 0.154 e. The molecule has 1 aliphatic carbocycles. The molecule has 1 fully saturated rings. The maximum Gasteiger partial charge on any atom is 0.154 e. The molecule has 3 aromatic rings. The molecular weight excluding hydrogens is 268 g/mol. The quantitative estimate of drug-likeness (QED) is 0.739. The minimum absolute atomic E-state index is 0.663. The molecule has 0 amide bonds. The van der Waals surface area contributed by atoms with Crippen molar-refractivity contribution in [3.8, 4) is 10.6 Å². The molecule has 3 aromatic heterocycles. The third-order valence-corrected chi connectivity index (χ3v) is 4.86.